The van der Waals surface area contributed by atoms with Crippen LogP contribution in [0.3, 0.4) is 0 Å². The van der Waals surface area contributed by atoms with Crippen LogP contribution in [0, 0.1) is 13.8 Å². The van der Waals surface area contributed by atoms with Crippen LogP contribution in [0.4, 0.5) is 5.69 Å². The second-order valence-corrected chi connectivity index (χ2v) is 6.84. The van der Waals surface area contributed by atoms with E-state index in [9.17, 15) is 9.59 Å². The van der Waals surface area contributed by atoms with E-state index in [4.69, 9.17) is 4.42 Å². The standard InChI is InChI=1S/C18H17N3O3S/c1-11-15(20-12(2)25-11)10-19-17(22)13-5-3-6-14(9-13)21-18(23)16-7-4-8-24-16/h3-9H,10H2,1-2H3,(H,19,22)(H,21,23). The van der Waals surface area contributed by atoms with Crippen LogP contribution in [-0.2, 0) is 6.54 Å². The Balaban J connectivity index is 1.65. The zero-order valence-corrected chi connectivity index (χ0v) is 14.6. The monoisotopic (exact) mass is 355 g/mol. The van der Waals surface area contributed by atoms with Crippen LogP contribution in [0.1, 0.15) is 36.5 Å². The highest BCUT2D eigenvalue weighted by Crippen LogP contribution is 2.17. The van der Waals surface area contributed by atoms with Gasteiger partial charge in [-0.25, -0.2) is 4.98 Å². The van der Waals surface area contributed by atoms with Crippen molar-refractivity contribution in [3.63, 3.8) is 0 Å². The summed E-state index contributed by atoms with van der Waals surface area (Å²) >= 11 is 1.61. The van der Waals surface area contributed by atoms with Gasteiger partial charge in [0.15, 0.2) is 5.76 Å². The first-order chi connectivity index (χ1) is 12.0. The quantitative estimate of drug-likeness (QED) is 0.733. The van der Waals surface area contributed by atoms with Gasteiger partial charge in [-0.05, 0) is 44.2 Å². The Morgan fingerprint density at radius 1 is 1.16 bits per heavy atom. The lowest BCUT2D eigenvalue weighted by molar-refractivity contribution is 0.0948. The number of benzene rings is 1. The zero-order valence-electron chi connectivity index (χ0n) is 13.8. The summed E-state index contributed by atoms with van der Waals surface area (Å²) in [7, 11) is 0. The maximum Gasteiger partial charge on any atom is 0.291 e. The number of carbonyl (C=O) groups is 2. The third-order valence-corrected chi connectivity index (χ3v) is 4.47. The molecule has 1 aromatic carbocycles. The van der Waals surface area contributed by atoms with E-state index in [0.717, 1.165) is 15.6 Å². The van der Waals surface area contributed by atoms with Crippen molar-refractivity contribution >= 4 is 28.8 Å². The number of thiazole rings is 1. The van der Waals surface area contributed by atoms with Gasteiger partial charge in [0.2, 0.25) is 0 Å². The van der Waals surface area contributed by atoms with E-state index >= 15 is 0 Å². The normalized spacial score (nSPS) is 10.5. The summed E-state index contributed by atoms with van der Waals surface area (Å²) in [4.78, 5) is 29.8. The fourth-order valence-electron chi connectivity index (χ4n) is 2.34. The Morgan fingerprint density at radius 3 is 2.68 bits per heavy atom. The molecule has 2 N–H and O–H groups in total. The Bertz CT molecular complexity index is 900. The van der Waals surface area contributed by atoms with Gasteiger partial charge in [0.25, 0.3) is 11.8 Å². The predicted molar refractivity (Wildman–Crippen MR) is 95.9 cm³/mol. The number of aryl methyl sites for hydroxylation is 2. The Morgan fingerprint density at radius 2 is 2.00 bits per heavy atom. The molecule has 0 fully saturated rings. The van der Waals surface area contributed by atoms with Crippen molar-refractivity contribution in [3.05, 3.63) is 69.6 Å². The molecule has 0 aliphatic carbocycles. The molecule has 128 valence electrons. The average molecular weight is 355 g/mol. The molecule has 2 amide bonds. The van der Waals surface area contributed by atoms with E-state index in [0.29, 0.717) is 17.8 Å². The number of anilines is 1. The van der Waals surface area contributed by atoms with Crippen molar-refractivity contribution in [2.75, 3.05) is 5.32 Å². The molecule has 0 atom stereocenters. The smallest absolute Gasteiger partial charge is 0.291 e. The van der Waals surface area contributed by atoms with Gasteiger partial charge >= 0.3 is 0 Å². The van der Waals surface area contributed by atoms with Gasteiger partial charge in [0, 0.05) is 16.1 Å². The Hall–Kier alpha value is -2.93. The van der Waals surface area contributed by atoms with E-state index in [1.54, 1.807) is 47.7 Å². The molecule has 0 aliphatic heterocycles. The van der Waals surface area contributed by atoms with Crippen LogP contribution in [0.2, 0.25) is 0 Å². The molecule has 25 heavy (non-hydrogen) atoms. The molecule has 0 saturated heterocycles. The lowest BCUT2D eigenvalue weighted by atomic mass is 10.2. The number of aromatic nitrogens is 1. The van der Waals surface area contributed by atoms with Gasteiger partial charge < -0.3 is 15.1 Å². The largest absolute Gasteiger partial charge is 0.459 e. The fourth-order valence-corrected chi connectivity index (χ4v) is 3.18. The van der Waals surface area contributed by atoms with Crippen LogP contribution < -0.4 is 10.6 Å². The molecular formula is C18H17N3O3S. The number of nitrogens with zero attached hydrogens (tertiary/aromatic N) is 1. The van der Waals surface area contributed by atoms with Gasteiger partial charge in [-0.3, -0.25) is 9.59 Å². The van der Waals surface area contributed by atoms with Crippen LogP contribution in [-0.4, -0.2) is 16.8 Å². The number of hydrogen-bond donors (Lipinski definition) is 2. The van der Waals surface area contributed by atoms with Crippen molar-refractivity contribution in [1.29, 1.82) is 0 Å². The number of amides is 2. The predicted octanol–water partition coefficient (Wildman–Crippen LogP) is 3.54. The number of carbonyl (C=O) groups excluding carboxylic acids is 2. The van der Waals surface area contributed by atoms with Crippen LogP contribution in [0.5, 0.6) is 0 Å². The summed E-state index contributed by atoms with van der Waals surface area (Å²) < 4.78 is 5.05. The van der Waals surface area contributed by atoms with E-state index in [1.807, 2.05) is 13.8 Å². The molecule has 2 heterocycles. The van der Waals surface area contributed by atoms with E-state index in [-0.39, 0.29) is 17.6 Å². The molecular weight excluding hydrogens is 338 g/mol. The van der Waals surface area contributed by atoms with Crippen molar-refractivity contribution in [1.82, 2.24) is 10.3 Å². The molecule has 3 aromatic rings. The number of furan rings is 1. The first-order valence-electron chi connectivity index (χ1n) is 7.69. The van der Waals surface area contributed by atoms with Gasteiger partial charge in [-0.2, -0.15) is 0 Å². The molecule has 2 aromatic heterocycles. The number of nitrogens with one attached hydrogen (secondary N) is 2. The highest BCUT2D eigenvalue weighted by Gasteiger charge is 2.12. The number of rotatable bonds is 5. The average Bonchev–Trinajstić information content (AvgIpc) is 3.22. The van der Waals surface area contributed by atoms with Crippen molar-refractivity contribution in [2.24, 2.45) is 0 Å². The summed E-state index contributed by atoms with van der Waals surface area (Å²) in [5.74, 6) is -0.375. The molecule has 3 rings (SSSR count). The van der Waals surface area contributed by atoms with Crippen molar-refractivity contribution in [3.8, 4) is 0 Å². The third-order valence-electron chi connectivity index (χ3n) is 3.54. The van der Waals surface area contributed by atoms with Crippen molar-refractivity contribution < 1.29 is 14.0 Å². The maximum absolute atomic E-state index is 12.3. The summed E-state index contributed by atoms with van der Waals surface area (Å²) in [5, 5.41) is 6.53. The molecule has 0 saturated carbocycles. The van der Waals surface area contributed by atoms with E-state index in [2.05, 4.69) is 15.6 Å². The first kappa shape index (κ1) is 16.9. The van der Waals surface area contributed by atoms with Crippen LogP contribution in [0.25, 0.3) is 0 Å². The summed E-state index contributed by atoms with van der Waals surface area (Å²) in [6.07, 6.45) is 1.43. The van der Waals surface area contributed by atoms with Gasteiger partial charge in [0.1, 0.15) is 0 Å². The highest BCUT2D eigenvalue weighted by atomic mass is 32.1. The van der Waals surface area contributed by atoms with E-state index in [1.165, 1.54) is 6.26 Å². The van der Waals surface area contributed by atoms with Crippen molar-refractivity contribution in [2.45, 2.75) is 20.4 Å². The SMILES string of the molecule is Cc1nc(CNC(=O)c2cccc(NC(=O)c3ccco3)c2)c(C)s1. The molecule has 0 radical (unpaired) electrons. The lowest BCUT2D eigenvalue weighted by Gasteiger charge is -2.07. The number of hydrogen-bond acceptors (Lipinski definition) is 5. The fraction of sp³-hybridized carbons (Fsp3) is 0.167. The minimum Gasteiger partial charge on any atom is -0.459 e. The molecule has 6 nitrogen and oxygen atoms in total. The Kier molecular flexibility index (Phi) is 4.95. The highest BCUT2D eigenvalue weighted by molar-refractivity contribution is 7.11. The lowest BCUT2D eigenvalue weighted by Crippen LogP contribution is -2.23. The van der Waals surface area contributed by atoms with E-state index < -0.39 is 0 Å². The molecule has 0 aliphatic rings. The summed E-state index contributed by atoms with van der Waals surface area (Å²) in [6, 6.07) is 9.95. The zero-order chi connectivity index (χ0) is 17.8. The van der Waals surface area contributed by atoms with Crippen LogP contribution >= 0.6 is 11.3 Å². The second kappa shape index (κ2) is 7.31. The Labute approximate surface area is 148 Å². The summed E-state index contributed by atoms with van der Waals surface area (Å²) in [5.41, 5.74) is 1.86. The van der Waals surface area contributed by atoms with Gasteiger partial charge in [-0.1, -0.05) is 6.07 Å². The molecule has 0 spiro atoms. The summed E-state index contributed by atoms with van der Waals surface area (Å²) in [6.45, 7) is 4.29. The molecule has 7 heteroatoms. The minimum atomic E-state index is -0.365. The molecule has 0 bridgehead atoms. The maximum atomic E-state index is 12.3. The second-order valence-electron chi connectivity index (χ2n) is 5.43. The topological polar surface area (TPSA) is 84.2 Å². The van der Waals surface area contributed by atoms with Crippen LogP contribution in [0.15, 0.2) is 47.1 Å². The van der Waals surface area contributed by atoms with Gasteiger partial charge in [-0.15, -0.1) is 11.3 Å². The third kappa shape index (κ3) is 4.13. The van der Waals surface area contributed by atoms with Gasteiger partial charge in [0.05, 0.1) is 23.5 Å². The minimum absolute atomic E-state index is 0.212. The first-order valence-corrected chi connectivity index (χ1v) is 8.50. The molecule has 0 unspecified atom stereocenters.